The first-order valence-corrected chi connectivity index (χ1v) is 7.05. The summed E-state index contributed by atoms with van der Waals surface area (Å²) in [5.74, 6) is 1.63. The normalized spacial score (nSPS) is 15.8. The van der Waals surface area contributed by atoms with Gasteiger partial charge in [-0.3, -0.25) is 4.90 Å². The van der Waals surface area contributed by atoms with Crippen molar-refractivity contribution in [2.75, 3.05) is 20.2 Å². The number of hydrogen-bond acceptors (Lipinski definition) is 5. The maximum absolute atomic E-state index is 5.46. The van der Waals surface area contributed by atoms with Gasteiger partial charge in [0, 0.05) is 30.8 Å². The summed E-state index contributed by atoms with van der Waals surface area (Å²) in [6.07, 6.45) is 3.19. The second kappa shape index (κ2) is 6.05. The minimum absolute atomic E-state index is 0.691. The van der Waals surface area contributed by atoms with E-state index in [0.717, 1.165) is 37.4 Å². The van der Waals surface area contributed by atoms with Crippen LogP contribution in [0.2, 0.25) is 0 Å². The number of nitrogens with zero attached hydrogens (tertiary/aromatic N) is 4. The Morgan fingerprint density at radius 3 is 3.05 bits per heavy atom. The van der Waals surface area contributed by atoms with Gasteiger partial charge in [0.2, 0.25) is 5.82 Å². The van der Waals surface area contributed by atoms with Crippen LogP contribution < -0.4 is 4.74 Å². The number of ether oxygens (including phenoxy) is 1. The zero-order valence-corrected chi connectivity index (χ0v) is 12.3. The van der Waals surface area contributed by atoms with E-state index in [4.69, 9.17) is 4.74 Å². The zero-order chi connectivity index (χ0) is 14.7. The van der Waals surface area contributed by atoms with Crippen LogP contribution in [0.4, 0.5) is 0 Å². The number of methoxy groups -OCH3 is 1. The molecule has 21 heavy (non-hydrogen) atoms. The fraction of sp³-hybridized carbons (Fsp3) is 0.400. The summed E-state index contributed by atoms with van der Waals surface area (Å²) < 4.78 is 5.46. The van der Waals surface area contributed by atoms with Crippen LogP contribution in [0, 0.1) is 6.92 Å². The largest absolute Gasteiger partial charge is 0.496 e. The Labute approximate surface area is 123 Å². The molecular formula is C15H19N5O. The first kappa shape index (κ1) is 13.8. The van der Waals surface area contributed by atoms with Gasteiger partial charge in [-0.1, -0.05) is 23.8 Å². The number of benzene rings is 1. The van der Waals surface area contributed by atoms with Gasteiger partial charge in [-0.05, 0) is 24.6 Å². The van der Waals surface area contributed by atoms with Crippen molar-refractivity contribution in [2.45, 2.75) is 19.9 Å². The quantitative estimate of drug-likeness (QED) is 0.928. The summed E-state index contributed by atoms with van der Waals surface area (Å²) >= 11 is 0. The standard InChI is InChI=1S/C15H19N5O/c1-11-5-6-14(21-2)13(8-11)10-20-7-3-4-12(9-20)15-16-18-19-17-15/h4-6,8H,3,7,9-10H2,1-2H3,(H,16,17,18,19). The van der Waals surface area contributed by atoms with Crippen LogP contribution in [0.25, 0.3) is 5.57 Å². The molecule has 110 valence electrons. The smallest absolute Gasteiger partial charge is 0.201 e. The molecule has 1 aliphatic heterocycles. The minimum atomic E-state index is 0.691. The van der Waals surface area contributed by atoms with Crippen LogP contribution in [0.15, 0.2) is 24.3 Å². The lowest BCUT2D eigenvalue weighted by atomic mass is 10.1. The summed E-state index contributed by atoms with van der Waals surface area (Å²) in [6.45, 7) is 4.82. The summed E-state index contributed by atoms with van der Waals surface area (Å²) in [7, 11) is 1.72. The Morgan fingerprint density at radius 2 is 2.29 bits per heavy atom. The van der Waals surface area contributed by atoms with Crippen LogP contribution >= 0.6 is 0 Å². The molecule has 0 unspecified atom stereocenters. The first-order valence-electron chi connectivity index (χ1n) is 7.05. The highest BCUT2D eigenvalue weighted by molar-refractivity contribution is 5.61. The molecule has 3 rings (SSSR count). The Kier molecular flexibility index (Phi) is 3.96. The Morgan fingerprint density at radius 1 is 1.38 bits per heavy atom. The van der Waals surface area contributed by atoms with Crippen molar-refractivity contribution >= 4 is 5.57 Å². The van der Waals surface area contributed by atoms with Crippen molar-refractivity contribution in [2.24, 2.45) is 0 Å². The van der Waals surface area contributed by atoms with Crippen molar-refractivity contribution in [3.8, 4) is 5.75 Å². The minimum Gasteiger partial charge on any atom is -0.496 e. The van der Waals surface area contributed by atoms with Gasteiger partial charge in [-0.25, -0.2) is 0 Å². The third-order valence-electron chi connectivity index (χ3n) is 3.69. The van der Waals surface area contributed by atoms with Gasteiger partial charge in [0.15, 0.2) is 0 Å². The van der Waals surface area contributed by atoms with Gasteiger partial charge >= 0.3 is 0 Å². The number of tetrazole rings is 1. The fourth-order valence-corrected chi connectivity index (χ4v) is 2.67. The molecule has 0 atom stereocenters. The number of aromatic nitrogens is 4. The lowest BCUT2D eigenvalue weighted by Crippen LogP contribution is -2.29. The maximum Gasteiger partial charge on any atom is 0.201 e. The molecule has 1 aromatic heterocycles. The van der Waals surface area contributed by atoms with Gasteiger partial charge in [0.25, 0.3) is 0 Å². The van der Waals surface area contributed by atoms with Crippen LogP contribution in [-0.2, 0) is 6.54 Å². The topological polar surface area (TPSA) is 66.9 Å². The zero-order valence-electron chi connectivity index (χ0n) is 12.3. The molecule has 1 aliphatic rings. The van der Waals surface area contributed by atoms with Crippen molar-refractivity contribution < 1.29 is 4.74 Å². The van der Waals surface area contributed by atoms with E-state index in [1.165, 1.54) is 11.1 Å². The van der Waals surface area contributed by atoms with Crippen LogP contribution in [0.5, 0.6) is 5.75 Å². The predicted octanol–water partition coefficient (Wildman–Crippen LogP) is 1.81. The molecule has 0 saturated carbocycles. The van der Waals surface area contributed by atoms with E-state index >= 15 is 0 Å². The lowest BCUT2D eigenvalue weighted by Gasteiger charge is -2.26. The number of aromatic amines is 1. The van der Waals surface area contributed by atoms with E-state index in [9.17, 15) is 0 Å². The number of aryl methyl sites for hydroxylation is 1. The molecule has 0 radical (unpaired) electrons. The van der Waals surface area contributed by atoms with Crippen molar-refractivity contribution in [1.29, 1.82) is 0 Å². The van der Waals surface area contributed by atoms with Crippen molar-refractivity contribution in [1.82, 2.24) is 25.5 Å². The highest BCUT2D eigenvalue weighted by atomic mass is 16.5. The average molecular weight is 285 g/mol. The monoisotopic (exact) mass is 285 g/mol. The molecule has 2 aromatic rings. The molecule has 0 spiro atoms. The Balaban J connectivity index is 1.74. The molecule has 6 nitrogen and oxygen atoms in total. The van der Waals surface area contributed by atoms with Gasteiger partial charge < -0.3 is 4.74 Å². The first-order chi connectivity index (χ1) is 10.3. The molecule has 6 heteroatoms. The average Bonchev–Trinajstić information content (AvgIpc) is 3.02. The maximum atomic E-state index is 5.46. The number of H-pyrrole nitrogens is 1. The molecular weight excluding hydrogens is 266 g/mol. The fourth-order valence-electron chi connectivity index (χ4n) is 2.67. The van der Waals surface area contributed by atoms with Gasteiger partial charge in [0.1, 0.15) is 5.75 Å². The van der Waals surface area contributed by atoms with E-state index in [1.807, 2.05) is 6.07 Å². The highest BCUT2D eigenvalue weighted by Gasteiger charge is 2.18. The van der Waals surface area contributed by atoms with Crippen LogP contribution in [0.3, 0.4) is 0 Å². The van der Waals surface area contributed by atoms with Gasteiger partial charge in [-0.15, -0.1) is 10.2 Å². The number of nitrogens with one attached hydrogen (secondary N) is 1. The third kappa shape index (κ3) is 3.11. The van der Waals surface area contributed by atoms with Crippen LogP contribution in [-0.4, -0.2) is 45.7 Å². The van der Waals surface area contributed by atoms with E-state index in [0.29, 0.717) is 5.82 Å². The van der Waals surface area contributed by atoms with E-state index in [2.05, 4.69) is 50.7 Å². The third-order valence-corrected chi connectivity index (χ3v) is 3.69. The van der Waals surface area contributed by atoms with Crippen LogP contribution in [0.1, 0.15) is 23.4 Å². The molecule has 0 bridgehead atoms. The summed E-state index contributed by atoms with van der Waals surface area (Å²) in [4.78, 5) is 2.38. The van der Waals surface area contributed by atoms with E-state index in [1.54, 1.807) is 7.11 Å². The molecule has 1 aromatic carbocycles. The highest BCUT2D eigenvalue weighted by Crippen LogP contribution is 2.24. The van der Waals surface area contributed by atoms with Crippen molar-refractivity contribution in [3.63, 3.8) is 0 Å². The Bertz CT molecular complexity index is 636. The number of hydrogen-bond donors (Lipinski definition) is 1. The number of rotatable bonds is 4. The second-order valence-electron chi connectivity index (χ2n) is 5.28. The van der Waals surface area contributed by atoms with E-state index < -0.39 is 0 Å². The summed E-state index contributed by atoms with van der Waals surface area (Å²) in [5.41, 5.74) is 3.59. The SMILES string of the molecule is COc1ccc(C)cc1CN1CCC=C(c2nn[nH]n2)C1. The predicted molar refractivity (Wildman–Crippen MR) is 79.8 cm³/mol. The van der Waals surface area contributed by atoms with Crippen molar-refractivity contribution in [3.05, 3.63) is 41.2 Å². The molecule has 1 N–H and O–H groups in total. The molecule has 0 amide bonds. The van der Waals surface area contributed by atoms with Gasteiger partial charge in [-0.2, -0.15) is 5.21 Å². The molecule has 0 aliphatic carbocycles. The van der Waals surface area contributed by atoms with E-state index in [-0.39, 0.29) is 0 Å². The summed E-state index contributed by atoms with van der Waals surface area (Å²) in [5, 5.41) is 14.3. The Hall–Kier alpha value is -2.21. The van der Waals surface area contributed by atoms with Gasteiger partial charge in [0.05, 0.1) is 7.11 Å². The molecule has 0 saturated heterocycles. The molecule has 2 heterocycles. The molecule has 0 fully saturated rings. The second-order valence-corrected chi connectivity index (χ2v) is 5.28. The summed E-state index contributed by atoms with van der Waals surface area (Å²) in [6, 6.07) is 6.29. The lowest BCUT2D eigenvalue weighted by molar-refractivity contribution is 0.289.